The SMILES string of the molecule is CCOc1cc(/C=N/NC(F)(F)C(F)(F)C(F)(F)F)cc(Cl)c1OCc1ccc(F)cc1. The molecule has 176 valence electrons. The van der Waals surface area contributed by atoms with E-state index in [4.69, 9.17) is 21.1 Å². The molecule has 4 nitrogen and oxygen atoms in total. The molecule has 0 saturated carbocycles. The molecule has 0 spiro atoms. The van der Waals surface area contributed by atoms with Crippen LogP contribution in [0.25, 0.3) is 0 Å². The third-order valence-electron chi connectivity index (χ3n) is 3.80. The van der Waals surface area contributed by atoms with Crippen LogP contribution in [0.3, 0.4) is 0 Å². The normalized spacial score (nSPS) is 12.8. The van der Waals surface area contributed by atoms with Gasteiger partial charge in [-0.25, -0.2) is 9.82 Å². The van der Waals surface area contributed by atoms with Crippen molar-refractivity contribution in [1.82, 2.24) is 5.43 Å². The molecule has 0 amide bonds. The summed E-state index contributed by atoms with van der Waals surface area (Å²) in [5, 5.41) is 2.68. The lowest BCUT2D eigenvalue weighted by molar-refractivity contribution is -0.361. The zero-order chi connectivity index (χ0) is 24.2. The number of nitrogens with one attached hydrogen (secondary N) is 1. The molecule has 13 heteroatoms. The summed E-state index contributed by atoms with van der Waals surface area (Å²) in [7, 11) is 0. The van der Waals surface area contributed by atoms with Crippen LogP contribution in [0.1, 0.15) is 18.1 Å². The third kappa shape index (κ3) is 5.93. The topological polar surface area (TPSA) is 42.8 Å². The maximum absolute atomic E-state index is 13.2. The molecular weight excluding hydrogens is 476 g/mol. The van der Waals surface area contributed by atoms with E-state index in [-0.39, 0.29) is 35.3 Å². The fourth-order valence-electron chi connectivity index (χ4n) is 2.24. The van der Waals surface area contributed by atoms with Crippen LogP contribution in [0.2, 0.25) is 5.02 Å². The first kappa shape index (κ1) is 25.5. The Labute approximate surface area is 181 Å². The first-order valence-electron chi connectivity index (χ1n) is 8.74. The van der Waals surface area contributed by atoms with Crippen LogP contribution >= 0.6 is 11.6 Å². The number of ether oxygens (including phenoxy) is 2. The minimum Gasteiger partial charge on any atom is -0.490 e. The molecule has 0 aromatic heterocycles. The first-order valence-corrected chi connectivity index (χ1v) is 9.12. The highest BCUT2D eigenvalue weighted by Crippen LogP contribution is 2.45. The number of hydrogen-bond donors (Lipinski definition) is 1. The van der Waals surface area contributed by atoms with Gasteiger partial charge in [0.2, 0.25) is 0 Å². The van der Waals surface area contributed by atoms with Gasteiger partial charge in [0.1, 0.15) is 12.4 Å². The van der Waals surface area contributed by atoms with E-state index in [9.17, 15) is 35.1 Å². The summed E-state index contributed by atoms with van der Waals surface area (Å²) in [4.78, 5) is 0. The van der Waals surface area contributed by atoms with Crippen molar-refractivity contribution >= 4 is 17.8 Å². The Hall–Kier alpha value is -2.76. The van der Waals surface area contributed by atoms with Crippen LogP contribution in [0.4, 0.5) is 35.1 Å². The molecular formula is C19H15ClF8N2O2. The van der Waals surface area contributed by atoms with Gasteiger partial charge in [0, 0.05) is 0 Å². The number of alkyl halides is 7. The summed E-state index contributed by atoms with van der Waals surface area (Å²) in [6.45, 7) is 1.70. The zero-order valence-corrected chi connectivity index (χ0v) is 16.9. The van der Waals surface area contributed by atoms with Crippen molar-refractivity contribution in [3.63, 3.8) is 0 Å². The van der Waals surface area contributed by atoms with Crippen molar-refractivity contribution in [2.45, 2.75) is 31.7 Å². The molecule has 0 aliphatic rings. The maximum atomic E-state index is 13.2. The molecule has 0 aliphatic heterocycles. The predicted molar refractivity (Wildman–Crippen MR) is 100 cm³/mol. The molecule has 2 aromatic rings. The molecule has 1 N–H and O–H groups in total. The Morgan fingerprint density at radius 2 is 1.62 bits per heavy atom. The van der Waals surface area contributed by atoms with Crippen LogP contribution in [0.5, 0.6) is 11.5 Å². The summed E-state index contributed by atoms with van der Waals surface area (Å²) in [5.74, 6) is -6.74. The number of hydrazone groups is 1. The molecule has 0 fully saturated rings. The second kappa shape index (κ2) is 9.80. The molecule has 2 rings (SSSR count). The predicted octanol–water partition coefficient (Wildman–Crippen LogP) is 6.17. The molecule has 0 aliphatic carbocycles. The van der Waals surface area contributed by atoms with Gasteiger partial charge < -0.3 is 9.47 Å². The monoisotopic (exact) mass is 490 g/mol. The van der Waals surface area contributed by atoms with Crippen molar-refractivity contribution in [1.29, 1.82) is 0 Å². The average molecular weight is 491 g/mol. The number of benzene rings is 2. The van der Waals surface area contributed by atoms with E-state index >= 15 is 0 Å². The molecule has 32 heavy (non-hydrogen) atoms. The van der Waals surface area contributed by atoms with Crippen molar-refractivity contribution in [2.75, 3.05) is 6.61 Å². The zero-order valence-electron chi connectivity index (χ0n) is 16.1. The van der Waals surface area contributed by atoms with E-state index < -0.39 is 24.0 Å². The molecule has 2 aromatic carbocycles. The highest BCUT2D eigenvalue weighted by Gasteiger charge is 2.73. The number of hydrogen-bond acceptors (Lipinski definition) is 4. The van der Waals surface area contributed by atoms with Gasteiger partial charge in [-0.05, 0) is 42.3 Å². The van der Waals surface area contributed by atoms with Gasteiger partial charge in [0.05, 0.1) is 17.8 Å². The standard InChI is InChI=1S/C19H15ClF8N2O2/c1-2-31-15-8-12(9-29-30-19(27,28)17(22,23)18(24,25)26)7-14(20)16(15)32-10-11-3-5-13(21)6-4-11/h3-9,30H,2,10H2,1H3/b29-9+. The lowest BCUT2D eigenvalue weighted by Crippen LogP contribution is -2.58. The molecule has 0 heterocycles. The average Bonchev–Trinajstić information content (AvgIpc) is 2.68. The number of rotatable bonds is 9. The molecule has 0 unspecified atom stereocenters. The van der Waals surface area contributed by atoms with Crippen LogP contribution < -0.4 is 14.9 Å². The summed E-state index contributed by atoms with van der Waals surface area (Å²) in [5.41, 5.74) is 1.04. The highest BCUT2D eigenvalue weighted by molar-refractivity contribution is 6.32. The van der Waals surface area contributed by atoms with Gasteiger partial charge in [0.25, 0.3) is 0 Å². The fourth-order valence-corrected chi connectivity index (χ4v) is 2.51. The van der Waals surface area contributed by atoms with Crippen molar-refractivity contribution in [2.24, 2.45) is 5.10 Å². The van der Waals surface area contributed by atoms with E-state index in [1.807, 2.05) is 0 Å². The minimum absolute atomic E-state index is 0.0240. The van der Waals surface area contributed by atoms with Crippen LogP contribution in [0, 0.1) is 5.82 Å². The second-order valence-corrected chi connectivity index (χ2v) is 6.60. The number of halogens is 9. The van der Waals surface area contributed by atoms with E-state index in [1.165, 1.54) is 30.3 Å². The number of nitrogens with zero attached hydrogens (tertiary/aromatic N) is 1. The summed E-state index contributed by atoms with van der Waals surface area (Å²) in [6.07, 6.45) is -5.94. The van der Waals surface area contributed by atoms with Crippen molar-refractivity contribution in [3.8, 4) is 11.5 Å². The van der Waals surface area contributed by atoms with Gasteiger partial charge >= 0.3 is 18.1 Å². The summed E-state index contributed by atoms with van der Waals surface area (Å²) in [6, 6.07) is 1.99. The van der Waals surface area contributed by atoms with E-state index in [1.54, 1.807) is 6.92 Å². The Morgan fingerprint density at radius 3 is 2.19 bits per heavy atom. The van der Waals surface area contributed by atoms with Gasteiger partial charge in [-0.3, -0.25) is 0 Å². The Kier molecular flexibility index (Phi) is 7.81. The lowest BCUT2D eigenvalue weighted by Gasteiger charge is -2.27. The Balaban J connectivity index is 2.20. The Bertz CT molecular complexity index is 950. The van der Waals surface area contributed by atoms with E-state index in [0.29, 0.717) is 17.2 Å². The fraction of sp³-hybridized carbons (Fsp3) is 0.316. The maximum Gasteiger partial charge on any atom is 0.462 e. The third-order valence-corrected chi connectivity index (χ3v) is 4.08. The largest absolute Gasteiger partial charge is 0.490 e. The van der Waals surface area contributed by atoms with Gasteiger partial charge in [0.15, 0.2) is 11.5 Å². The van der Waals surface area contributed by atoms with Crippen LogP contribution in [0.15, 0.2) is 41.5 Å². The lowest BCUT2D eigenvalue weighted by atomic mass is 10.2. The summed E-state index contributed by atoms with van der Waals surface area (Å²) < 4.78 is 113. The second-order valence-electron chi connectivity index (χ2n) is 6.19. The summed E-state index contributed by atoms with van der Waals surface area (Å²) >= 11 is 6.10. The van der Waals surface area contributed by atoms with Gasteiger partial charge in [-0.2, -0.15) is 35.8 Å². The van der Waals surface area contributed by atoms with E-state index in [2.05, 4.69) is 5.10 Å². The molecule has 0 atom stereocenters. The van der Waals surface area contributed by atoms with Crippen molar-refractivity contribution < 1.29 is 44.6 Å². The quantitative estimate of drug-likeness (QED) is 0.198. The molecule has 0 radical (unpaired) electrons. The van der Waals surface area contributed by atoms with Crippen LogP contribution in [-0.2, 0) is 6.61 Å². The highest BCUT2D eigenvalue weighted by atomic mass is 35.5. The minimum atomic E-state index is -6.49. The molecule has 0 bridgehead atoms. The van der Waals surface area contributed by atoms with Crippen molar-refractivity contribution in [3.05, 3.63) is 58.4 Å². The molecule has 0 saturated heterocycles. The van der Waals surface area contributed by atoms with Gasteiger partial charge in [-0.1, -0.05) is 23.7 Å². The smallest absolute Gasteiger partial charge is 0.462 e. The van der Waals surface area contributed by atoms with E-state index in [0.717, 1.165) is 6.07 Å². The Morgan fingerprint density at radius 1 is 1.00 bits per heavy atom. The first-order chi connectivity index (χ1) is 14.8. The van der Waals surface area contributed by atoms with Crippen LogP contribution in [-0.4, -0.2) is 31.0 Å². The van der Waals surface area contributed by atoms with Gasteiger partial charge in [-0.15, -0.1) is 0 Å².